The number of carbonyl (C=O) groups excluding carboxylic acids is 1. The van der Waals surface area contributed by atoms with Gasteiger partial charge in [-0.1, -0.05) is 26.0 Å². The first kappa shape index (κ1) is 20.1. The molecular weight excluding hydrogens is 356 g/mol. The first-order chi connectivity index (χ1) is 12.2. The molecule has 0 aliphatic heterocycles. The fourth-order valence-corrected chi connectivity index (χ4v) is 2.87. The minimum atomic E-state index is -3.51. The standard InChI is InChI=1S/C18H24N2O5S/c1-13(2)14-5-7-16(8-6-14)20-17(9-10-25-26(4,22)23)11-15(19-20)12-18(21)24-3/h5-8,11,13H,9-10,12H2,1-4H3. The van der Waals surface area contributed by atoms with Crippen molar-refractivity contribution in [1.29, 1.82) is 0 Å². The van der Waals surface area contributed by atoms with Gasteiger partial charge < -0.3 is 4.74 Å². The summed E-state index contributed by atoms with van der Waals surface area (Å²) in [6.07, 6.45) is 1.40. The summed E-state index contributed by atoms with van der Waals surface area (Å²) in [5.41, 5.74) is 3.35. The normalized spacial score (nSPS) is 11.7. The third kappa shape index (κ3) is 5.67. The number of methoxy groups -OCH3 is 1. The van der Waals surface area contributed by atoms with Gasteiger partial charge in [-0.05, 0) is 29.7 Å². The minimum absolute atomic E-state index is 0.00622. The van der Waals surface area contributed by atoms with Crippen LogP contribution >= 0.6 is 0 Å². The first-order valence-electron chi connectivity index (χ1n) is 8.29. The third-order valence-electron chi connectivity index (χ3n) is 3.85. The molecule has 1 aromatic carbocycles. The van der Waals surface area contributed by atoms with Crippen molar-refractivity contribution in [3.05, 3.63) is 47.3 Å². The highest BCUT2D eigenvalue weighted by molar-refractivity contribution is 7.85. The van der Waals surface area contributed by atoms with Crippen LogP contribution < -0.4 is 0 Å². The fourth-order valence-electron chi connectivity index (χ4n) is 2.48. The molecule has 2 aromatic rings. The van der Waals surface area contributed by atoms with Crippen LogP contribution in [0.2, 0.25) is 0 Å². The monoisotopic (exact) mass is 380 g/mol. The lowest BCUT2D eigenvalue weighted by molar-refractivity contribution is -0.139. The van der Waals surface area contributed by atoms with Crippen LogP contribution in [0.3, 0.4) is 0 Å². The summed E-state index contributed by atoms with van der Waals surface area (Å²) in [5.74, 6) is 0.0305. The average molecular weight is 380 g/mol. The molecule has 1 heterocycles. The highest BCUT2D eigenvalue weighted by Crippen LogP contribution is 2.19. The van der Waals surface area contributed by atoms with Crippen molar-refractivity contribution < 1.29 is 22.1 Å². The van der Waals surface area contributed by atoms with Gasteiger partial charge in [0, 0.05) is 12.1 Å². The summed E-state index contributed by atoms with van der Waals surface area (Å²) in [6, 6.07) is 9.71. The molecule has 0 spiro atoms. The molecule has 7 nitrogen and oxygen atoms in total. The summed E-state index contributed by atoms with van der Waals surface area (Å²) < 4.78 is 33.5. The Balaban J connectivity index is 2.29. The molecule has 0 bridgehead atoms. The molecule has 0 atom stereocenters. The molecule has 0 aliphatic carbocycles. The molecule has 0 fully saturated rings. The number of benzene rings is 1. The fraction of sp³-hybridized carbons (Fsp3) is 0.444. The maximum atomic E-state index is 11.5. The van der Waals surface area contributed by atoms with Gasteiger partial charge in [0.15, 0.2) is 0 Å². The minimum Gasteiger partial charge on any atom is -0.469 e. The zero-order valence-electron chi connectivity index (χ0n) is 15.4. The van der Waals surface area contributed by atoms with Gasteiger partial charge in [0.25, 0.3) is 10.1 Å². The van der Waals surface area contributed by atoms with Crippen molar-refractivity contribution in [3.8, 4) is 5.69 Å². The predicted molar refractivity (Wildman–Crippen MR) is 97.9 cm³/mol. The Morgan fingerprint density at radius 2 is 1.88 bits per heavy atom. The molecule has 0 N–H and O–H groups in total. The summed E-state index contributed by atoms with van der Waals surface area (Å²) in [6.45, 7) is 4.24. The average Bonchev–Trinajstić information content (AvgIpc) is 2.96. The van der Waals surface area contributed by atoms with Gasteiger partial charge in [0.05, 0.1) is 37.8 Å². The predicted octanol–water partition coefficient (Wildman–Crippen LogP) is 2.23. The third-order valence-corrected chi connectivity index (χ3v) is 4.44. The van der Waals surface area contributed by atoms with E-state index in [9.17, 15) is 13.2 Å². The molecular formula is C18H24N2O5S. The Bertz CT molecular complexity index is 854. The van der Waals surface area contributed by atoms with Gasteiger partial charge in [-0.25, -0.2) is 4.68 Å². The van der Waals surface area contributed by atoms with Crippen LogP contribution in [0.5, 0.6) is 0 Å². The maximum absolute atomic E-state index is 11.5. The van der Waals surface area contributed by atoms with Crippen LogP contribution in [-0.2, 0) is 36.7 Å². The van der Waals surface area contributed by atoms with E-state index in [4.69, 9.17) is 4.18 Å². The van der Waals surface area contributed by atoms with Crippen LogP contribution in [0.15, 0.2) is 30.3 Å². The van der Waals surface area contributed by atoms with E-state index < -0.39 is 10.1 Å². The number of rotatable bonds is 8. The van der Waals surface area contributed by atoms with Crippen molar-refractivity contribution >= 4 is 16.1 Å². The number of hydrogen-bond acceptors (Lipinski definition) is 6. The summed E-state index contributed by atoms with van der Waals surface area (Å²) in [5, 5.41) is 4.47. The van der Waals surface area contributed by atoms with Crippen LogP contribution in [0.1, 0.15) is 36.7 Å². The van der Waals surface area contributed by atoms with Crippen molar-refractivity contribution in [2.45, 2.75) is 32.6 Å². The summed E-state index contributed by atoms with van der Waals surface area (Å²) in [4.78, 5) is 11.5. The van der Waals surface area contributed by atoms with Crippen molar-refractivity contribution in [3.63, 3.8) is 0 Å². The van der Waals surface area contributed by atoms with Crippen molar-refractivity contribution in [2.24, 2.45) is 0 Å². The van der Waals surface area contributed by atoms with Crippen LogP contribution in [0.4, 0.5) is 0 Å². The molecule has 2 rings (SSSR count). The Hall–Kier alpha value is -2.19. The van der Waals surface area contributed by atoms with E-state index in [2.05, 4.69) is 23.7 Å². The second-order valence-corrected chi connectivity index (χ2v) is 7.96. The zero-order valence-corrected chi connectivity index (χ0v) is 16.2. The van der Waals surface area contributed by atoms with Gasteiger partial charge in [0.2, 0.25) is 0 Å². The van der Waals surface area contributed by atoms with E-state index in [0.717, 1.165) is 17.6 Å². The lowest BCUT2D eigenvalue weighted by Crippen LogP contribution is -2.10. The molecule has 0 unspecified atom stereocenters. The lowest BCUT2D eigenvalue weighted by atomic mass is 10.0. The van der Waals surface area contributed by atoms with Crippen molar-refractivity contribution in [2.75, 3.05) is 20.0 Å². The number of nitrogens with zero attached hydrogens (tertiary/aromatic N) is 2. The SMILES string of the molecule is COC(=O)Cc1cc(CCOS(C)(=O)=O)n(-c2ccc(C(C)C)cc2)n1. The number of hydrogen-bond donors (Lipinski definition) is 0. The second kappa shape index (κ2) is 8.46. The first-order valence-corrected chi connectivity index (χ1v) is 10.1. The van der Waals surface area contributed by atoms with Crippen LogP contribution in [-0.4, -0.2) is 44.1 Å². The Morgan fingerprint density at radius 1 is 1.23 bits per heavy atom. The Kier molecular flexibility index (Phi) is 6.55. The van der Waals surface area contributed by atoms with E-state index >= 15 is 0 Å². The molecule has 0 saturated heterocycles. The number of aromatic nitrogens is 2. The summed E-state index contributed by atoms with van der Waals surface area (Å²) in [7, 11) is -2.18. The molecule has 0 amide bonds. The second-order valence-electron chi connectivity index (χ2n) is 6.31. The van der Waals surface area contributed by atoms with Gasteiger partial charge in [-0.2, -0.15) is 13.5 Å². The molecule has 0 radical (unpaired) electrons. The van der Waals surface area contributed by atoms with Gasteiger partial charge in [-0.3, -0.25) is 8.98 Å². The highest BCUT2D eigenvalue weighted by atomic mass is 32.2. The zero-order chi connectivity index (χ0) is 19.3. The molecule has 0 saturated carbocycles. The quantitative estimate of drug-likeness (QED) is 0.515. The maximum Gasteiger partial charge on any atom is 0.311 e. The molecule has 1 aromatic heterocycles. The smallest absolute Gasteiger partial charge is 0.311 e. The van der Waals surface area contributed by atoms with E-state index in [-0.39, 0.29) is 19.0 Å². The van der Waals surface area contributed by atoms with Crippen LogP contribution in [0, 0.1) is 0 Å². The van der Waals surface area contributed by atoms with Crippen LogP contribution in [0.25, 0.3) is 5.69 Å². The van der Waals surface area contributed by atoms with Gasteiger partial charge in [0.1, 0.15) is 0 Å². The van der Waals surface area contributed by atoms with Crippen molar-refractivity contribution in [1.82, 2.24) is 9.78 Å². The van der Waals surface area contributed by atoms with E-state index in [0.29, 0.717) is 18.0 Å². The Morgan fingerprint density at radius 3 is 2.42 bits per heavy atom. The largest absolute Gasteiger partial charge is 0.469 e. The molecule has 26 heavy (non-hydrogen) atoms. The topological polar surface area (TPSA) is 87.5 Å². The summed E-state index contributed by atoms with van der Waals surface area (Å²) >= 11 is 0. The number of ether oxygens (including phenoxy) is 1. The van der Waals surface area contributed by atoms with Gasteiger partial charge >= 0.3 is 5.97 Å². The number of esters is 1. The highest BCUT2D eigenvalue weighted by Gasteiger charge is 2.14. The molecule has 142 valence electrons. The molecule has 8 heteroatoms. The lowest BCUT2D eigenvalue weighted by Gasteiger charge is -2.10. The van der Waals surface area contributed by atoms with E-state index in [1.54, 1.807) is 10.7 Å². The van der Waals surface area contributed by atoms with E-state index in [1.165, 1.54) is 12.7 Å². The Labute approximate surface area is 154 Å². The van der Waals surface area contributed by atoms with E-state index in [1.807, 2.05) is 24.3 Å². The number of carbonyl (C=O) groups is 1. The molecule has 0 aliphatic rings. The van der Waals surface area contributed by atoms with Gasteiger partial charge in [-0.15, -0.1) is 0 Å².